The van der Waals surface area contributed by atoms with E-state index in [9.17, 15) is 4.79 Å². The molecule has 4 rings (SSSR count). The normalized spacial score (nSPS) is 14.6. The number of aromatic nitrogens is 3. The van der Waals surface area contributed by atoms with Crippen LogP contribution in [0.5, 0.6) is 0 Å². The molecule has 0 spiro atoms. The zero-order chi connectivity index (χ0) is 20.8. The minimum absolute atomic E-state index is 0.133. The van der Waals surface area contributed by atoms with Crippen LogP contribution >= 0.6 is 0 Å². The van der Waals surface area contributed by atoms with E-state index in [1.54, 1.807) is 6.20 Å². The van der Waals surface area contributed by atoms with Crippen LogP contribution in [0.2, 0.25) is 0 Å². The molecule has 1 fully saturated rings. The van der Waals surface area contributed by atoms with Crippen LogP contribution in [-0.4, -0.2) is 59.1 Å². The Kier molecular flexibility index (Phi) is 6.39. The number of para-hydroxylation sites is 1. The molecule has 156 valence electrons. The molecule has 3 heterocycles. The highest BCUT2D eigenvalue weighted by atomic mass is 16.1. The van der Waals surface area contributed by atoms with E-state index in [0.717, 1.165) is 62.8 Å². The fraction of sp³-hybridized carbons (Fsp3) is 0.348. The van der Waals surface area contributed by atoms with Gasteiger partial charge in [-0.25, -0.2) is 9.97 Å². The lowest BCUT2D eigenvalue weighted by Crippen LogP contribution is -2.47. The number of hydrogen-bond acceptors (Lipinski definition) is 6. The molecule has 0 aliphatic carbocycles. The largest absolute Gasteiger partial charge is 0.369 e. The molecule has 0 bridgehead atoms. The third-order valence-electron chi connectivity index (χ3n) is 5.42. The summed E-state index contributed by atoms with van der Waals surface area (Å²) < 4.78 is 0. The number of aryl methyl sites for hydroxylation is 1. The number of aromatic amines is 1. The average Bonchev–Trinajstić information content (AvgIpc) is 2.80. The summed E-state index contributed by atoms with van der Waals surface area (Å²) in [5.74, 6) is 1.39. The Morgan fingerprint density at radius 1 is 1.07 bits per heavy atom. The quantitative estimate of drug-likeness (QED) is 0.630. The number of hydrogen-bond donors (Lipinski definition) is 2. The van der Waals surface area contributed by atoms with Gasteiger partial charge in [0.15, 0.2) is 0 Å². The van der Waals surface area contributed by atoms with Crippen molar-refractivity contribution in [2.75, 3.05) is 49.5 Å². The van der Waals surface area contributed by atoms with Gasteiger partial charge in [-0.05, 0) is 30.7 Å². The van der Waals surface area contributed by atoms with Gasteiger partial charge in [-0.3, -0.25) is 9.69 Å². The zero-order valence-corrected chi connectivity index (χ0v) is 17.3. The lowest BCUT2D eigenvalue weighted by Gasteiger charge is -2.36. The second-order valence-corrected chi connectivity index (χ2v) is 7.46. The molecule has 1 aliphatic rings. The number of nitrogens with one attached hydrogen (secondary N) is 2. The smallest absolute Gasteiger partial charge is 0.251 e. The molecular formula is C23H28N6O. The first-order valence-corrected chi connectivity index (χ1v) is 10.5. The van der Waals surface area contributed by atoms with Crippen LogP contribution < -0.4 is 15.8 Å². The second kappa shape index (κ2) is 9.54. The molecule has 0 atom stereocenters. The van der Waals surface area contributed by atoms with Crippen molar-refractivity contribution in [1.29, 1.82) is 0 Å². The van der Waals surface area contributed by atoms with Crippen molar-refractivity contribution in [3.05, 3.63) is 70.8 Å². The van der Waals surface area contributed by atoms with E-state index < -0.39 is 0 Å². The first-order chi connectivity index (χ1) is 14.7. The van der Waals surface area contributed by atoms with Crippen molar-refractivity contribution < 1.29 is 0 Å². The van der Waals surface area contributed by atoms with Gasteiger partial charge in [0.2, 0.25) is 0 Å². The first kappa shape index (κ1) is 20.1. The number of pyridine rings is 1. The number of piperazine rings is 1. The van der Waals surface area contributed by atoms with Crippen LogP contribution in [0.1, 0.15) is 12.6 Å². The van der Waals surface area contributed by atoms with Crippen LogP contribution in [0.25, 0.3) is 11.4 Å². The molecule has 7 nitrogen and oxygen atoms in total. The topological polar surface area (TPSA) is 77.2 Å². The Bertz CT molecular complexity index is 994. The van der Waals surface area contributed by atoms with Crippen molar-refractivity contribution in [1.82, 2.24) is 19.9 Å². The van der Waals surface area contributed by atoms with E-state index in [2.05, 4.69) is 60.4 Å². The third-order valence-corrected chi connectivity index (χ3v) is 5.42. The van der Waals surface area contributed by atoms with Crippen molar-refractivity contribution in [2.24, 2.45) is 0 Å². The minimum Gasteiger partial charge on any atom is -0.369 e. The Balaban J connectivity index is 1.25. The summed E-state index contributed by atoms with van der Waals surface area (Å²) in [4.78, 5) is 28.4. The van der Waals surface area contributed by atoms with Gasteiger partial charge in [-0.1, -0.05) is 25.1 Å². The Labute approximate surface area is 176 Å². The summed E-state index contributed by atoms with van der Waals surface area (Å²) in [6, 6.07) is 16.0. The monoisotopic (exact) mass is 404 g/mol. The number of nitrogens with zero attached hydrogens (tertiary/aromatic N) is 4. The maximum atomic E-state index is 11.8. The lowest BCUT2D eigenvalue weighted by molar-refractivity contribution is 0.267. The molecular weight excluding hydrogens is 376 g/mol. The van der Waals surface area contributed by atoms with Gasteiger partial charge < -0.3 is 15.2 Å². The standard InChI is InChI=1S/C23H28N6O/c1-2-19-16-22(30)27-23(26-19)18-8-9-21(25-17-18)24-10-11-28-12-14-29(15-13-28)20-6-4-3-5-7-20/h3-9,16-17H,2,10-15H2,1H3,(H,24,25)(H,26,27,30). The van der Waals surface area contributed by atoms with E-state index in [1.165, 1.54) is 11.8 Å². The van der Waals surface area contributed by atoms with E-state index in [1.807, 2.05) is 19.1 Å². The van der Waals surface area contributed by atoms with Crippen LogP contribution in [-0.2, 0) is 6.42 Å². The fourth-order valence-corrected chi connectivity index (χ4v) is 3.67. The summed E-state index contributed by atoms with van der Waals surface area (Å²) in [6.45, 7) is 8.05. The highest BCUT2D eigenvalue weighted by molar-refractivity contribution is 5.55. The van der Waals surface area contributed by atoms with Crippen molar-refractivity contribution in [3.63, 3.8) is 0 Å². The molecule has 0 radical (unpaired) electrons. The van der Waals surface area contributed by atoms with E-state index >= 15 is 0 Å². The summed E-state index contributed by atoms with van der Waals surface area (Å²) in [5, 5.41) is 3.39. The third kappa shape index (κ3) is 5.04. The number of anilines is 2. The number of rotatable bonds is 7. The van der Waals surface area contributed by atoms with Gasteiger partial charge in [0.1, 0.15) is 11.6 Å². The summed E-state index contributed by atoms with van der Waals surface area (Å²) in [5.41, 5.74) is 2.76. The van der Waals surface area contributed by atoms with Crippen LogP contribution in [0.4, 0.5) is 11.5 Å². The zero-order valence-electron chi connectivity index (χ0n) is 17.3. The molecule has 3 aromatic rings. The molecule has 7 heteroatoms. The van der Waals surface area contributed by atoms with Crippen molar-refractivity contribution in [2.45, 2.75) is 13.3 Å². The summed E-state index contributed by atoms with van der Waals surface area (Å²) >= 11 is 0. The maximum absolute atomic E-state index is 11.8. The van der Waals surface area contributed by atoms with E-state index in [4.69, 9.17) is 0 Å². The molecule has 30 heavy (non-hydrogen) atoms. The lowest BCUT2D eigenvalue weighted by atomic mass is 10.2. The summed E-state index contributed by atoms with van der Waals surface area (Å²) in [7, 11) is 0. The minimum atomic E-state index is -0.133. The molecule has 1 saturated heterocycles. The highest BCUT2D eigenvalue weighted by Crippen LogP contribution is 2.16. The Morgan fingerprint density at radius 3 is 2.57 bits per heavy atom. The molecule has 2 N–H and O–H groups in total. The van der Waals surface area contributed by atoms with Crippen LogP contribution in [0.15, 0.2) is 59.5 Å². The number of benzene rings is 1. The predicted octanol–water partition coefficient (Wildman–Crippen LogP) is 2.63. The molecule has 2 aromatic heterocycles. The van der Waals surface area contributed by atoms with Gasteiger partial charge in [0.25, 0.3) is 5.56 Å². The first-order valence-electron chi connectivity index (χ1n) is 10.5. The van der Waals surface area contributed by atoms with E-state index in [0.29, 0.717) is 5.82 Å². The SMILES string of the molecule is CCc1cc(=O)[nH]c(-c2ccc(NCCN3CCN(c4ccccc4)CC3)nc2)n1. The molecule has 0 unspecified atom stereocenters. The molecule has 1 aliphatic heterocycles. The molecule has 0 saturated carbocycles. The molecule has 0 amide bonds. The maximum Gasteiger partial charge on any atom is 0.251 e. The van der Waals surface area contributed by atoms with Gasteiger partial charge in [-0.2, -0.15) is 0 Å². The molecule has 1 aromatic carbocycles. The highest BCUT2D eigenvalue weighted by Gasteiger charge is 2.16. The Morgan fingerprint density at radius 2 is 1.87 bits per heavy atom. The van der Waals surface area contributed by atoms with E-state index in [-0.39, 0.29) is 5.56 Å². The van der Waals surface area contributed by atoms with Gasteiger partial charge in [0.05, 0.1) is 0 Å². The van der Waals surface area contributed by atoms with Gasteiger partial charge >= 0.3 is 0 Å². The predicted molar refractivity (Wildman–Crippen MR) is 121 cm³/mol. The van der Waals surface area contributed by atoms with Crippen LogP contribution in [0.3, 0.4) is 0 Å². The average molecular weight is 405 g/mol. The fourth-order valence-electron chi connectivity index (χ4n) is 3.67. The van der Waals surface area contributed by atoms with Crippen LogP contribution in [0, 0.1) is 0 Å². The van der Waals surface area contributed by atoms with Gasteiger partial charge in [-0.15, -0.1) is 0 Å². The number of H-pyrrole nitrogens is 1. The second-order valence-electron chi connectivity index (χ2n) is 7.46. The van der Waals surface area contributed by atoms with Crippen molar-refractivity contribution in [3.8, 4) is 11.4 Å². The Hall–Kier alpha value is -3.19. The van der Waals surface area contributed by atoms with Crippen molar-refractivity contribution >= 4 is 11.5 Å². The summed E-state index contributed by atoms with van der Waals surface area (Å²) in [6.07, 6.45) is 2.47. The van der Waals surface area contributed by atoms with Gasteiger partial charge in [0, 0.05) is 68.5 Å².